The summed E-state index contributed by atoms with van der Waals surface area (Å²) in [6, 6.07) is 18.5. The van der Waals surface area contributed by atoms with Crippen LogP contribution in [0.3, 0.4) is 0 Å². The van der Waals surface area contributed by atoms with Gasteiger partial charge in [-0.15, -0.1) is 0 Å². The number of aliphatic imine (C=N–C) groups is 1. The number of halogens is 1. The highest BCUT2D eigenvalue weighted by Gasteiger charge is 2.09. The Bertz CT molecular complexity index is 873. The number of aromatic nitrogens is 1. The summed E-state index contributed by atoms with van der Waals surface area (Å²) in [7, 11) is 0. The highest BCUT2D eigenvalue weighted by atomic mass is 35.5. The van der Waals surface area contributed by atoms with E-state index >= 15 is 0 Å². The molecule has 24 heavy (non-hydrogen) atoms. The smallest absolute Gasteiger partial charge is 0.0816 e. The van der Waals surface area contributed by atoms with Gasteiger partial charge in [-0.3, -0.25) is 4.99 Å². The molecular formula is C21H21ClN2. The molecule has 2 nitrogen and oxygen atoms in total. The number of hydrogen-bond donors (Lipinski definition) is 0. The van der Waals surface area contributed by atoms with E-state index in [9.17, 15) is 0 Å². The molecule has 2 aromatic carbocycles. The van der Waals surface area contributed by atoms with Gasteiger partial charge in [-0.2, -0.15) is 0 Å². The Balaban J connectivity index is 1.95. The summed E-state index contributed by atoms with van der Waals surface area (Å²) in [5, 5.41) is 0.665. The van der Waals surface area contributed by atoms with Crippen LogP contribution in [-0.2, 0) is 6.42 Å². The third-order valence-electron chi connectivity index (χ3n) is 4.27. The Hall–Kier alpha value is -2.32. The molecule has 0 N–H and O–H groups in total. The van der Waals surface area contributed by atoms with Gasteiger partial charge in [-0.25, -0.2) is 0 Å². The minimum absolute atomic E-state index is 0.665. The Morgan fingerprint density at radius 2 is 1.75 bits per heavy atom. The van der Waals surface area contributed by atoms with Crippen molar-refractivity contribution in [1.82, 2.24) is 4.57 Å². The zero-order valence-corrected chi connectivity index (χ0v) is 15.0. The molecule has 0 fully saturated rings. The second-order valence-electron chi connectivity index (χ2n) is 5.89. The molecule has 0 spiro atoms. The Kier molecular flexibility index (Phi) is 4.86. The fourth-order valence-electron chi connectivity index (χ4n) is 2.89. The lowest BCUT2D eigenvalue weighted by molar-refractivity contribution is 0.962. The fourth-order valence-corrected chi connectivity index (χ4v) is 3.08. The van der Waals surface area contributed by atoms with E-state index in [1.165, 1.54) is 22.6 Å². The predicted octanol–water partition coefficient (Wildman–Crippen LogP) is 6.06. The highest BCUT2D eigenvalue weighted by molar-refractivity contribution is 6.33. The molecule has 1 heterocycles. The maximum absolute atomic E-state index is 6.17. The summed E-state index contributed by atoms with van der Waals surface area (Å²) in [5.74, 6) is 0. The summed E-state index contributed by atoms with van der Waals surface area (Å²) in [6.07, 6.45) is 2.94. The summed E-state index contributed by atoms with van der Waals surface area (Å²) in [4.78, 5) is 4.54. The van der Waals surface area contributed by atoms with Crippen LogP contribution in [-0.4, -0.2) is 10.8 Å². The van der Waals surface area contributed by atoms with E-state index in [0.717, 1.165) is 17.7 Å². The van der Waals surface area contributed by atoms with E-state index in [0.29, 0.717) is 5.02 Å². The topological polar surface area (TPSA) is 17.3 Å². The third-order valence-corrected chi connectivity index (χ3v) is 4.59. The van der Waals surface area contributed by atoms with E-state index < -0.39 is 0 Å². The molecule has 0 radical (unpaired) electrons. The molecule has 0 atom stereocenters. The lowest BCUT2D eigenvalue weighted by atomic mass is 10.1. The number of rotatable bonds is 4. The van der Waals surface area contributed by atoms with Crippen LogP contribution in [0.5, 0.6) is 0 Å². The molecule has 0 saturated heterocycles. The van der Waals surface area contributed by atoms with E-state index in [2.05, 4.69) is 60.7 Å². The van der Waals surface area contributed by atoms with E-state index in [4.69, 9.17) is 11.6 Å². The first-order chi connectivity index (χ1) is 11.6. The second kappa shape index (κ2) is 7.06. The average molecular weight is 337 g/mol. The largest absolute Gasteiger partial charge is 0.318 e. The van der Waals surface area contributed by atoms with Gasteiger partial charge in [-0.1, -0.05) is 42.8 Å². The van der Waals surface area contributed by atoms with Crippen molar-refractivity contribution < 1.29 is 0 Å². The van der Waals surface area contributed by atoms with Crippen LogP contribution in [0, 0.1) is 13.8 Å². The molecule has 0 aliphatic carbocycles. The summed E-state index contributed by atoms with van der Waals surface area (Å²) < 4.78 is 2.26. The minimum Gasteiger partial charge on any atom is -0.318 e. The fraction of sp³-hybridized carbons (Fsp3) is 0.190. The molecule has 1 aromatic heterocycles. The molecule has 0 aliphatic rings. The number of hydrogen-bond acceptors (Lipinski definition) is 1. The van der Waals surface area contributed by atoms with Crippen LogP contribution in [0.2, 0.25) is 5.02 Å². The van der Waals surface area contributed by atoms with Gasteiger partial charge in [0.1, 0.15) is 0 Å². The molecule has 0 amide bonds. The number of para-hydroxylation sites is 1. The van der Waals surface area contributed by atoms with Gasteiger partial charge in [-0.05, 0) is 56.2 Å². The van der Waals surface area contributed by atoms with Gasteiger partial charge in [0.2, 0.25) is 0 Å². The molecule has 3 aromatic rings. The quantitative estimate of drug-likeness (QED) is 0.515. The van der Waals surface area contributed by atoms with Crippen LogP contribution < -0.4 is 0 Å². The van der Waals surface area contributed by atoms with Crippen LogP contribution in [0.4, 0.5) is 5.69 Å². The van der Waals surface area contributed by atoms with Gasteiger partial charge in [0.05, 0.1) is 10.7 Å². The number of benzene rings is 2. The van der Waals surface area contributed by atoms with Crippen LogP contribution in [0.15, 0.2) is 59.6 Å². The zero-order chi connectivity index (χ0) is 17.1. The highest BCUT2D eigenvalue weighted by Crippen LogP contribution is 2.25. The predicted molar refractivity (Wildman–Crippen MR) is 103 cm³/mol. The SMILES string of the molecule is CCc1ccc(-n2c(C)cc(C=Nc3ccccc3Cl)c2C)cc1. The molecule has 0 saturated carbocycles. The van der Waals surface area contributed by atoms with Crippen molar-refractivity contribution in [3.63, 3.8) is 0 Å². The van der Waals surface area contributed by atoms with E-state index in [-0.39, 0.29) is 0 Å². The molecule has 0 bridgehead atoms. The monoisotopic (exact) mass is 336 g/mol. The molecule has 0 aliphatic heterocycles. The Morgan fingerprint density at radius 1 is 1.04 bits per heavy atom. The standard InChI is InChI=1S/C21H21ClN2/c1-4-17-9-11-19(12-10-17)24-15(2)13-18(16(24)3)14-23-21-8-6-5-7-20(21)22/h5-14H,4H2,1-3H3. The van der Waals surface area contributed by atoms with Crippen LogP contribution in [0.25, 0.3) is 5.69 Å². The van der Waals surface area contributed by atoms with Crippen molar-refractivity contribution >= 4 is 23.5 Å². The Labute approximate surface area is 148 Å². The van der Waals surface area contributed by atoms with Crippen molar-refractivity contribution in [2.45, 2.75) is 27.2 Å². The van der Waals surface area contributed by atoms with Gasteiger partial charge in [0.25, 0.3) is 0 Å². The summed E-state index contributed by atoms with van der Waals surface area (Å²) in [5.41, 5.74) is 6.79. The lowest BCUT2D eigenvalue weighted by Crippen LogP contribution is -1.99. The number of nitrogens with zero attached hydrogens (tertiary/aromatic N) is 2. The normalized spacial score (nSPS) is 11.3. The Morgan fingerprint density at radius 3 is 2.42 bits per heavy atom. The number of aryl methyl sites for hydroxylation is 2. The van der Waals surface area contributed by atoms with Gasteiger partial charge < -0.3 is 4.57 Å². The molecule has 0 unspecified atom stereocenters. The van der Waals surface area contributed by atoms with Gasteiger partial charge in [0, 0.05) is 28.9 Å². The first-order valence-electron chi connectivity index (χ1n) is 8.17. The molecular weight excluding hydrogens is 316 g/mol. The molecule has 3 heteroatoms. The van der Waals surface area contributed by atoms with Crippen molar-refractivity contribution in [3.05, 3.63) is 82.1 Å². The zero-order valence-electron chi connectivity index (χ0n) is 14.3. The van der Waals surface area contributed by atoms with Crippen molar-refractivity contribution in [2.75, 3.05) is 0 Å². The molecule has 3 rings (SSSR count). The summed E-state index contributed by atoms with van der Waals surface area (Å²) in [6.45, 7) is 6.41. The second-order valence-corrected chi connectivity index (χ2v) is 6.30. The maximum atomic E-state index is 6.17. The van der Waals surface area contributed by atoms with Gasteiger partial charge >= 0.3 is 0 Å². The van der Waals surface area contributed by atoms with Crippen molar-refractivity contribution in [2.24, 2.45) is 4.99 Å². The maximum Gasteiger partial charge on any atom is 0.0816 e. The first kappa shape index (κ1) is 16.5. The first-order valence-corrected chi connectivity index (χ1v) is 8.54. The summed E-state index contributed by atoms with van der Waals surface area (Å²) >= 11 is 6.17. The van der Waals surface area contributed by atoms with E-state index in [1.54, 1.807) is 0 Å². The van der Waals surface area contributed by atoms with E-state index in [1.807, 2.05) is 30.5 Å². The minimum atomic E-state index is 0.665. The average Bonchev–Trinajstić information content (AvgIpc) is 2.88. The molecule has 122 valence electrons. The van der Waals surface area contributed by atoms with Crippen LogP contribution in [0.1, 0.15) is 29.4 Å². The van der Waals surface area contributed by atoms with Gasteiger partial charge in [0.15, 0.2) is 0 Å². The van der Waals surface area contributed by atoms with Crippen molar-refractivity contribution in [3.8, 4) is 5.69 Å². The van der Waals surface area contributed by atoms with Crippen molar-refractivity contribution in [1.29, 1.82) is 0 Å². The van der Waals surface area contributed by atoms with Crippen LogP contribution >= 0.6 is 11.6 Å². The third kappa shape index (κ3) is 3.29. The lowest BCUT2D eigenvalue weighted by Gasteiger charge is -2.10.